The highest BCUT2D eigenvalue weighted by molar-refractivity contribution is 7.93. The summed E-state index contributed by atoms with van der Waals surface area (Å²) in [4.78, 5) is 8.47. The van der Waals surface area contributed by atoms with E-state index in [-0.39, 0.29) is 19.2 Å². The molecule has 0 radical (unpaired) electrons. The summed E-state index contributed by atoms with van der Waals surface area (Å²) in [5.74, 6) is 1.92. The molecule has 0 unspecified atom stereocenters. The highest BCUT2D eigenvalue weighted by atomic mass is 32.2. The van der Waals surface area contributed by atoms with E-state index in [0.717, 1.165) is 0 Å². The fraction of sp³-hybridized carbons (Fsp3) is 0.455. The van der Waals surface area contributed by atoms with Gasteiger partial charge in [-0.15, -0.1) is 10.2 Å². The summed E-state index contributed by atoms with van der Waals surface area (Å²) in [5.41, 5.74) is 0.633. The standard InChI is InChI=1S/C22H28N6O6S/c1-13(20-23-9-16(32-4)10-24-20)14(2)35(29,30)27-22-26-25-21-17-7-6-8-18(33-5)19(17)34-12-15(11-31-3)28(21)22/h6-10,13-15H,11-12H2,1-5H3,(H,26,27)/t13-,14-,15+/m0/s1. The molecule has 4 rings (SSSR count). The van der Waals surface area contributed by atoms with Crippen LogP contribution in [0.15, 0.2) is 30.6 Å². The Morgan fingerprint density at radius 1 is 1.14 bits per heavy atom. The average molecular weight is 505 g/mol. The number of benzene rings is 1. The number of hydrogen-bond donors (Lipinski definition) is 1. The van der Waals surface area contributed by atoms with Crippen molar-refractivity contribution in [2.24, 2.45) is 0 Å². The molecule has 12 nitrogen and oxygen atoms in total. The van der Waals surface area contributed by atoms with Crippen molar-refractivity contribution in [1.29, 1.82) is 0 Å². The Balaban J connectivity index is 1.68. The second kappa shape index (κ2) is 10.0. The van der Waals surface area contributed by atoms with Crippen LogP contribution in [-0.2, 0) is 14.8 Å². The van der Waals surface area contributed by atoms with Crippen molar-refractivity contribution in [2.45, 2.75) is 31.1 Å². The summed E-state index contributed by atoms with van der Waals surface area (Å²) in [6, 6.07) is 5.01. The Hall–Kier alpha value is -3.45. The number of nitrogens with one attached hydrogen (secondary N) is 1. The number of fused-ring (bicyclic) bond motifs is 3. The lowest BCUT2D eigenvalue weighted by molar-refractivity contribution is 0.125. The number of aromatic nitrogens is 5. The topological polar surface area (TPSA) is 140 Å². The number of para-hydroxylation sites is 1. The van der Waals surface area contributed by atoms with Gasteiger partial charge in [-0.25, -0.2) is 18.4 Å². The highest BCUT2D eigenvalue weighted by Gasteiger charge is 2.34. The first-order valence-corrected chi connectivity index (χ1v) is 12.5. The number of hydrogen-bond acceptors (Lipinski definition) is 10. The lowest BCUT2D eigenvalue weighted by Gasteiger charge is -2.22. The van der Waals surface area contributed by atoms with E-state index < -0.39 is 27.2 Å². The van der Waals surface area contributed by atoms with E-state index >= 15 is 0 Å². The van der Waals surface area contributed by atoms with E-state index in [9.17, 15) is 8.42 Å². The van der Waals surface area contributed by atoms with Gasteiger partial charge >= 0.3 is 0 Å². The SMILES string of the molecule is COC[C@@H]1COc2c(OC)cccc2-c2nnc(NS(=O)(=O)[C@@H](C)[C@H](C)c3ncc(OC)cn3)n21. The van der Waals surface area contributed by atoms with E-state index in [4.69, 9.17) is 18.9 Å². The number of sulfonamides is 1. The number of ether oxygens (including phenoxy) is 4. The van der Waals surface area contributed by atoms with Crippen LogP contribution in [0.4, 0.5) is 5.95 Å². The minimum Gasteiger partial charge on any atom is -0.494 e. The number of rotatable bonds is 9. The fourth-order valence-corrected chi connectivity index (χ4v) is 5.07. The van der Waals surface area contributed by atoms with Crippen molar-refractivity contribution >= 4 is 16.0 Å². The third-order valence-corrected chi connectivity index (χ3v) is 7.85. The molecule has 0 fully saturated rings. The van der Waals surface area contributed by atoms with Gasteiger partial charge in [0, 0.05) is 13.0 Å². The zero-order valence-corrected chi connectivity index (χ0v) is 20.9. The van der Waals surface area contributed by atoms with Gasteiger partial charge in [-0.05, 0) is 19.1 Å². The molecule has 0 spiro atoms. The largest absolute Gasteiger partial charge is 0.494 e. The zero-order valence-electron chi connectivity index (χ0n) is 20.1. The van der Waals surface area contributed by atoms with Gasteiger partial charge in [0.25, 0.3) is 0 Å². The van der Waals surface area contributed by atoms with Crippen molar-refractivity contribution in [2.75, 3.05) is 39.3 Å². The normalized spacial score (nSPS) is 16.8. The Bertz CT molecular complexity index is 1280. The molecule has 3 atom stereocenters. The quantitative estimate of drug-likeness (QED) is 0.461. The maximum Gasteiger partial charge on any atom is 0.239 e. The number of anilines is 1. The van der Waals surface area contributed by atoms with Crippen molar-refractivity contribution in [1.82, 2.24) is 24.7 Å². The van der Waals surface area contributed by atoms with Gasteiger partial charge < -0.3 is 18.9 Å². The van der Waals surface area contributed by atoms with Crippen LogP contribution in [0.3, 0.4) is 0 Å². The molecule has 0 saturated heterocycles. The predicted molar refractivity (Wildman–Crippen MR) is 127 cm³/mol. The molecule has 35 heavy (non-hydrogen) atoms. The molecular weight excluding hydrogens is 476 g/mol. The Morgan fingerprint density at radius 3 is 2.54 bits per heavy atom. The first-order valence-electron chi connectivity index (χ1n) is 10.9. The molecule has 2 aromatic heterocycles. The minimum atomic E-state index is -3.91. The maximum atomic E-state index is 13.4. The first kappa shape index (κ1) is 24.7. The van der Waals surface area contributed by atoms with Gasteiger partial charge in [-0.1, -0.05) is 13.0 Å². The van der Waals surface area contributed by atoms with Crippen LogP contribution in [0.1, 0.15) is 31.6 Å². The molecule has 1 aromatic carbocycles. The van der Waals surface area contributed by atoms with Crippen LogP contribution in [-0.4, -0.2) is 72.9 Å². The molecule has 1 N–H and O–H groups in total. The van der Waals surface area contributed by atoms with Gasteiger partial charge in [0.15, 0.2) is 23.1 Å². The molecule has 1 aliphatic rings. The number of nitrogens with zero attached hydrogens (tertiary/aromatic N) is 5. The van der Waals surface area contributed by atoms with Crippen LogP contribution in [0.5, 0.6) is 17.2 Å². The molecule has 188 valence electrons. The predicted octanol–water partition coefficient (Wildman–Crippen LogP) is 2.27. The minimum absolute atomic E-state index is 0.0658. The Morgan fingerprint density at radius 2 is 1.89 bits per heavy atom. The van der Waals surface area contributed by atoms with Gasteiger partial charge in [0.1, 0.15) is 12.4 Å². The molecule has 3 heterocycles. The van der Waals surface area contributed by atoms with Crippen molar-refractivity contribution < 1.29 is 27.4 Å². The lowest BCUT2D eigenvalue weighted by atomic mass is 10.1. The van der Waals surface area contributed by atoms with Crippen LogP contribution in [0.2, 0.25) is 0 Å². The van der Waals surface area contributed by atoms with Crippen LogP contribution < -0.4 is 18.9 Å². The summed E-state index contributed by atoms with van der Waals surface area (Å²) in [7, 11) is 0.711. The molecule has 0 amide bonds. The van der Waals surface area contributed by atoms with E-state index in [0.29, 0.717) is 34.5 Å². The third kappa shape index (κ3) is 4.73. The molecule has 0 saturated carbocycles. The van der Waals surface area contributed by atoms with E-state index in [1.54, 1.807) is 44.8 Å². The summed E-state index contributed by atoms with van der Waals surface area (Å²) in [5, 5.41) is 7.58. The fourth-order valence-electron chi connectivity index (χ4n) is 3.83. The van der Waals surface area contributed by atoms with E-state index in [1.807, 2.05) is 6.07 Å². The Kier molecular flexibility index (Phi) is 7.08. The maximum absolute atomic E-state index is 13.4. The lowest BCUT2D eigenvalue weighted by Crippen LogP contribution is -2.32. The van der Waals surface area contributed by atoms with Gasteiger partial charge in [0.2, 0.25) is 16.0 Å². The van der Waals surface area contributed by atoms with E-state index in [1.165, 1.54) is 19.5 Å². The molecule has 1 aliphatic heterocycles. The molecular formula is C22H28N6O6S. The smallest absolute Gasteiger partial charge is 0.239 e. The summed E-state index contributed by atoms with van der Waals surface area (Å²) in [6.07, 6.45) is 3.01. The monoisotopic (exact) mass is 504 g/mol. The second-order valence-electron chi connectivity index (χ2n) is 8.10. The highest BCUT2D eigenvalue weighted by Crippen LogP contribution is 2.41. The summed E-state index contributed by atoms with van der Waals surface area (Å²) < 4.78 is 52.9. The molecule has 0 bridgehead atoms. The van der Waals surface area contributed by atoms with Crippen molar-refractivity contribution in [3.05, 3.63) is 36.4 Å². The van der Waals surface area contributed by atoms with Gasteiger partial charge in [0.05, 0.1) is 50.1 Å². The van der Waals surface area contributed by atoms with Crippen LogP contribution in [0, 0.1) is 0 Å². The first-order chi connectivity index (χ1) is 16.8. The van der Waals surface area contributed by atoms with Gasteiger partial charge in [-0.3, -0.25) is 9.29 Å². The number of methoxy groups -OCH3 is 3. The molecule has 3 aromatic rings. The average Bonchev–Trinajstić information content (AvgIpc) is 3.20. The summed E-state index contributed by atoms with van der Waals surface area (Å²) in [6.45, 7) is 3.80. The van der Waals surface area contributed by atoms with Crippen molar-refractivity contribution in [3.8, 4) is 28.6 Å². The van der Waals surface area contributed by atoms with Crippen LogP contribution >= 0.6 is 0 Å². The summed E-state index contributed by atoms with van der Waals surface area (Å²) >= 11 is 0. The zero-order chi connectivity index (χ0) is 25.2. The Labute approximate surface area is 203 Å². The van der Waals surface area contributed by atoms with Gasteiger partial charge in [-0.2, -0.15) is 0 Å². The molecule has 13 heteroatoms. The van der Waals surface area contributed by atoms with Crippen LogP contribution in [0.25, 0.3) is 11.4 Å². The van der Waals surface area contributed by atoms with Crippen molar-refractivity contribution in [3.63, 3.8) is 0 Å². The second-order valence-corrected chi connectivity index (χ2v) is 10.1. The molecule has 0 aliphatic carbocycles. The van der Waals surface area contributed by atoms with E-state index in [2.05, 4.69) is 24.9 Å². The third-order valence-electron chi connectivity index (χ3n) is 6.00.